The second-order valence-corrected chi connectivity index (χ2v) is 12.4. The lowest BCUT2D eigenvalue weighted by molar-refractivity contribution is 0.0811. The molecule has 4 aromatic rings. The molecular formula is C31H32ClN3O6S. The summed E-state index contributed by atoms with van der Waals surface area (Å²) in [6.45, 7) is 1.39. The molecule has 3 aromatic carbocycles. The fourth-order valence-electron chi connectivity index (χ4n) is 5.17. The van der Waals surface area contributed by atoms with E-state index in [1.807, 2.05) is 60.7 Å². The van der Waals surface area contributed by atoms with Crippen LogP contribution in [0.15, 0.2) is 84.9 Å². The Morgan fingerprint density at radius 1 is 0.976 bits per heavy atom. The van der Waals surface area contributed by atoms with Gasteiger partial charge in [-0.25, -0.2) is 17.9 Å². The lowest BCUT2D eigenvalue weighted by Gasteiger charge is -2.31. The third-order valence-corrected chi connectivity index (χ3v) is 8.86. The number of likely N-dealkylation sites (tertiary alicyclic amines) is 1. The van der Waals surface area contributed by atoms with Crippen LogP contribution in [0.25, 0.3) is 10.9 Å². The summed E-state index contributed by atoms with van der Waals surface area (Å²) < 4.78 is 41.5. The number of benzene rings is 3. The van der Waals surface area contributed by atoms with Crippen molar-refractivity contribution < 1.29 is 27.5 Å². The number of hydrogen-bond acceptors (Lipinski definition) is 6. The average molecular weight is 610 g/mol. The van der Waals surface area contributed by atoms with Crippen LogP contribution in [0.4, 0.5) is 4.79 Å². The van der Waals surface area contributed by atoms with E-state index in [0.29, 0.717) is 36.7 Å². The van der Waals surface area contributed by atoms with Crippen LogP contribution in [-0.2, 0) is 27.9 Å². The number of carbonyl (C=O) groups is 2. The summed E-state index contributed by atoms with van der Waals surface area (Å²) in [5, 5.41) is 1.28. The van der Waals surface area contributed by atoms with Gasteiger partial charge >= 0.3 is 6.09 Å². The summed E-state index contributed by atoms with van der Waals surface area (Å²) in [6, 6.07) is 25.6. The van der Waals surface area contributed by atoms with Crippen molar-refractivity contribution >= 4 is 44.5 Å². The standard InChI is InChI=1S/C31H32ClN3O6S/c32-26-13-5-7-15-29(26)40-18-17-35-27-14-6-4-12-25(27)19-28(35)30(36)33-42(38,39)22-24-11-8-16-34(20-24)31(37)41-21-23-9-2-1-3-10-23/h1-7,9-10,12-15,19,24H,8,11,16-18,20-22H2,(H,33,36)/t24-/m1/s1. The molecule has 0 spiro atoms. The molecule has 1 N–H and O–H groups in total. The van der Waals surface area contributed by atoms with Crippen LogP contribution in [0.3, 0.4) is 0 Å². The number of halogens is 1. The number of fused-ring (bicyclic) bond motifs is 1. The molecule has 0 unspecified atom stereocenters. The summed E-state index contributed by atoms with van der Waals surface area (Å²) in [4.78, 5) is 27.5. The van der Waals surface area contributed by atoms with E-state index in [-0.39, 0.29) is 37.1 Å². The number of nitrogens with zero attached hydrogens (tertiary/aromatic N) is 2. The van der Waals surface area contributed by atoms with Crippen molar-refractivity contribution in [1.82, 2.24) is 14.2 Å². The Morgan fingerprint density at radius 2 is 1.71 bits per heavy atom. The molecule has 11 heteroatoms. The van der Waals surface area contributed by atoms with Gasteiger partial charge in [0.25, 0.3) is 5.91 Å². The third-order valence-electron chi connectivity index (χ3n) is 7.14. The molecule has 2 amide bonds. The van der Waals surface area contributed by atoms with Gasteiger partial charge in [-0.1, -0.05) is 72.3 Å². The van der Waals surface area contributed by atoms with E-state index in [0.717, 1.165) is 16.5 Å². The quantitative estimate of drug-likeness (QED) is 0.255. The second-order valence-electron chi connectivity index (χ2n) is 10.2. The Labute approximate surface area is 250 Å². The molecular weight excluding hydrogens is 578 g/mol. The predicted molar refractivity (Wildman–Crippen MR) is 161 cm³/mol. The first-order valence-corrected chi connectivity index (χ1v) is 15.8. The average Bonchev–Trinajstić information content (AvgIpc) is 3.36. The van der Waals surface area contributed by atoms with Crippen LogP contribution in [-0.4, -0.2) is 55.3 Å². The third kappa shape index (κ3) is 7.43. The number of ether oxygens (including phenoxy) is 2. The van der Waals surface area contributed by atoms with Crippen molar-refractivity contribution in [3.63, 3.8) is 0 Å². The number of carbonyl (C=O) groups excluding carboxylic acids is 2. The number of rotatable bonds is 10. The lowest BCUT2D eigenvalue weighted by Crippen LogP contribution is -2.44. The highest BCUT2D eigenvalue weighted by Crippen LogP contribution is 2.25. The van der Waals surface area contributed by atoms with E-state index in [1.54, 1.807) is 28.8 Å². The second kappa shape index (κ2) is 13.3. The maximum absolute atomic E-state index is 13.3. The Balaban J connectivity index is 1.21. The van der Waals surface area contributed by atoms with Crippen LogP contribution in [0.2, 0.25) is 5.02 Å². The molecule has 1 aliphatic rings. The Morgan fingerprint density at radius 3 is 2.52 bits per heavy atom. The molecule has 0 saturated carbocycles. The molecule has 0 radical (unpaired) electrons. The van der Waals surface area contributed by atoms with Gasteiger partial charge in [0.05, 0.1) is 17.3 Å². The highest BCUT2D eigenvalue weighted by molar-refractivity contribution is 7.90. The van der Waals surface area contributed by atoms with Gasteiger partial charge in [-0.05, 0) is 48.6 Å². The largest absolute Gasteiger partial charge is 0.490 e. The summed E-state index contributed by atoms with van der Waals surface area (Å²) in [5.41, 5.74) is 1.86. The summed E-state index contributed by atoms with van der Waals surface area (Å²) in [5.74, 6) is -0.811. The van der Waals surface area contributed by atoms with Gasteiger partial charge in [0.1, 0.15) is 24.7 Å². The molecule has 220 valence electrons. The van der Waals surface area contributed by atoms with Crippen LogP contribution in [0, 0.1) is 5.92 Å². The van der Waals surface area contributed by atoms with Gasteiger partial charge in [0, 0.05) is 24.0 Å². The van der Waals surface area contributed by atoms with Crippen LogP contribution in [0.1, 0.15) is 28.9 Å². The van der Waals surface area contributed by atoms with Crippen LogP contribution >= 0.6 is 11.6 Å². The highest BCUT2D eigenvalue weighted by atomic mass is 35.5. The van der Waals surface area contributed by atoms with Crippen molar-refractivity contribution in [2.45, 2.75) is 26.0 Å². The van der Waals surface area contributed by atoms with Gasteiger partial charge in [-0.2, -0.15) is 0 Å². The molecule has 1 saturated heterocycles. The molecule has 9 nitrogen and oxygen atoms in total. The van der Waals surface area contributed by atoms with Crippen molar-refractivity contribution in [3.05, 3.63) is 101 Å². The van der Waals surface area contributed by atoms with Gasteiger partial charge in [0.2, 0.25) is 10.0 Å². The predicted octanol–water partition coefficient (Wildman–Crippen LogP) is 5.48. The van der Waals surface area contributed by atoms with Crippen LogP contribution < -0.4 is 9.46 Å². The zero-order chi connectivity index (χ0) is 29.5. The van der Waals surface area contributed by atoms with Gasteiger partial charge < -0.3 is 18.9 Å². The molecule has 0 aliphatic carbocycles. The zero-order valence-corrected chi connectivity index (χ0v) is 24.5. The maximum Gasteiger partial charge on any atom is 0.410 e. The first-order valence-electron chi connectivity index (χ1n) is 13.7. The van der Waals surface area contributed by atoms with E-state index in [4.69, 9.17) is 21.1 Å². The molecule has 42 heavy (non-hydrogen) atoms. The summed E-state index contributed by atoms with van der Waals surface area (Å²) >= 11 is 6.19. The fourth-order valence-corrected chi connectivity index (χ4v) is 6.72. The lowest BCUT2D eigenvalue weighted by atomic mass is 10.0. The van der Waals surface area contributed by atoms with Crippen molar-refractivity contribution in [2.24, 2.45) is 5.92 Å². The number of aromatic nitrogens is 1. The van der Waals surface area contributed by atoms with E-state index in [1.165, 1.54) is 4.90 Å². The fraction of sp³-hybridized carbons (Fsp3) is 0.290. The molecule has 1 aliphatic heterocycles. The van der Waals surface area contributed by atoms with Gasteiger partial charge in [0.15, 0.2) is 0 Å². The SMILES string of the molecule is O=C(NS(=O)(=O)C[C@@H]1CCCN(C(=O)OCc2ccccc2)C1)c1cc2ccccc2n1CCOc1ccccc1Cl. The number of para-hydroxylation sites is 2. The number of sulfonamides is 1. The Hall–Kier alpha value is -4.02. The molecule has 0 bridgehead atoms. The molecule has 1 aromatic heterocycles. The molecule has 1 fully saturated rings. The highest BCUT2D eigenvalue weighted by Gasteiger charge is 2.30. The van der Waals surface area contributed by atoms with Crippen molar-refractivity contribution in [3.8, 4) is 5.75 Å². The number of nitrogens with one attached hydrogen (secondary N) is 1. The minimum atomic E-state index is -4.00. The molecule has 2 heterocycles. The van der Waals surface area contributed by atoms with E-state index in [2.05, 4.69) is 4.72 Å². The van der Waals surface area contributed by atoms with Crippen molar-refractivity contribution in [1.29, 1.82) is 0 Å². The minimum absolute atomic E-state index is 0.145. The summed E-state index contributed by atoms with van der Waals surface area (Å²) in [6.07, 6.45) is 0.791. The number of amides is 2. The smallest absolute Gasteiger partial charge is 0.410 e. The van der Waals surface area contributed by atoms with E-state index in [9.17, 15) is 18.0 Å². The minimum Gasteiger partial charge on any atom is -0.490 e. The normalized spacial score (nSPS) is 15.4. The van der Waals surface area contributed by atoms with E-state index < -0.39 is 22.0 Å². The van der Waals surface area contributed by atoms with Gasteiger partial charge in [-0.3, -0.25) is 4.79 Å². The zero-order valence-electron chi connectivity index (χ0n) is 22.9. The van der Waals surface area contributed by atoms with Crippen LogP contribution in [0.5, 0.6) is 5.75 Å². The molecule has 1 atom stereocenters. The van der Waals surface area contributed by atoms with E-state index >= 15 is 0 Å². The Bertz CT molecular complexity index is 1660. The Kier molecular flexibility index (Phi) is 9.34. The summed E-state index contributed by atoms with van der Waals surface area (Å²) in [7, 11) is -4.00. The first kappa shape index (κ1) is 29.5. The number of piperidine rings is 1. The first-order chi connectivity index (χ1) is 20.3. The molecule has 5 rings (SSSR count). The topological polar surface area (TPSA) is 107 Å². The maximum atomic E-state index is 13.3. The van der Waals surface area contributed by atoms with Crippen molar-refractivity contribution in [2.75, 3.05) is 25.4 Å². The van der Waals surface area contributed by atoms with Gasteiger partial charge in [-0.15, -0.1) is 0 Å². The monoisotopic (exact) mass is 609 g/mol. The number of hydrogen-bond donors (Lipinski definition) is 1.